The van der Waals surface area contributed by atoms with Crippen molar-refractivity contribution in [2.45, 2.75) is 0 Å². The molecule has 0 fully saturated rings. The van der Waals surface area contributed by atoms with Crippen LogP contribution >= 0.6 is 0 Å². The van der Waals surface area contributed by atoms with Crippen molar-refractivity contribution >= 4 is 48.2 Å². The molecular formula is C8H32N16O8. The molecule has 0 rings (SSSR count). The van der Waals surface area contributed by atoms with Gasteiger partial charge in [-0.25, -0.2) is 38.4 Å². The van der Waals surface area contributed by atoms with E-state index in [2.05, 4.69) is 91.7 Å². The van der Waals surface area contributed by atoms with E-state index in [1.165, 1.54) is 0 Å². The minimum absolute atomic E-state index is 0.833. The molecule has 32 heavy (non-hydrogen) atoms. The Bertz CT molecular complexity index is 376. The highest BCUT2D eigenvalue weighted by Gasteiger charge is 1.63. The molecule has 0 aromatic heterocycles. The number of primary amides is 16. The highest BCUT2D eigenvalue weighted by Crippen LogP contribution is 1.28. The van der Waals surface area contributed by atoms with Crippen LogP contribution in [0.5, 0.6) is 0 Å². The Morgan fingerprint density at radius 1 is 0.188 bits per heavy atom. The fourth-order valence-electron chi connectivity index (χ4n) is 0. The van der Waals surface area contributed by atoms with Gasteiger partial charge in [-0.05, 0) is 0 Å². The van der Waals surface area contributed by atoms with Crippen LogP contribution in [0, 0.1) is 0 Å². The topological polar surface area (TPSA) is 553 Å². The molecule has 0 unspecified atom stereocenters. The normalized spacial score (nSPS) is 6.00. The molecule has 24 heteroatoms. The summed E-state index contributed by atoms with van der Waals surface area (Å²) in [4.78, 5) is 72.0. The van der Waals surface area contributed by atoms with E-state index in [1.54, 1.807) is 0 Å². The van der Waals surface area contributed by atoms with Gasteiger partial charge in [-0.2, -0.15) is 0 Å². The van der Waals surface area contributed by atoms with E-state index >= 15 is 0 Å². The molecule has 0 bridgehead atoms. The molecule has 0 aliphatic rings. The Morgan fingerprint density at radius 2 is 0.188 bits per heavy atom. The number of hydrogen-bond donors (Lipinski definition) is 16. The molecule has 0 saturated carbocycles. The van der Waals surface area contributed by atoms with Gasteiger partial charge in [-0.15, -0.1) is 0 Å². The summed E-state index contributed by atoms with van der Waals surface area (Å²) in [5.41, 5.74) is 68.0. The molecule has 0 radical (unpaired) electrons. The molecule has 0 saturated heterocycles. The van der Waals surface area contributed by atoms with Crippen LogP contribution in [0.15, 0.2) is 0 Å². The smallest absolute Gasteiger partial charge is 0.309 e. The number of amides is 16. The van der Waals surface area contributed by atoms with Gasteiger partial charge in [-0.1, -0.05) is 0 Å². The van der Waals surface area contributed by atoms with Crippen molar-refractivity contribution in [2.75, 3.05) is 0 Å². The third-order valence-corrected chi connectivity index (χ3v) is 0. The average Bonchev–Trinajstić information content (AvgIpc) is 2.30. The molecule has 0 aliphatic heterocycles. The lowest BCUT2D eigenvalue weighted by Gasteiger charge is -1.62. The molecular weight excluding hydrogens is 448 g/mol. The largest absolute Gasteiger partial charge is 0.352 e. The summed E-state index contributed by atoms with van der Waals surface area (Å²) in [5.74, 6) is 0. The lowest BCUT2D eigenvalue weighted by molar-refractivity contribution is 0.255. The van der Waals surface area contributed by atoms with E-state index in [0.717, 1.165) is 0 Å². The van der Waals surface area contributed by atoms with Gasteiger partial charge in [0.25, 0.3) is 0 Å². The zero-order valence-electron chi connectivity index (χ0n) is 16.5. The van der Waals surface area contributed by atoms with Gasteiger partial charge >= 0.3 is 48.2 Å². The van der Waals surface area contributed by atoms with Crippen LogP contribution in [0.25, 0.3) is 0 Å². The Hall–Kier alpha value is -5.84. The summed E-state index contributed by atoms with van der Waals surface area (Å²) in [6, 6.07) is -6.67. The maximum absolute atomic E-state index is 9.00. The van der Waals surface area contributed by atoms with Gasteiger partial charge in [0.05, 0.1) is 0 Å². The van der Waals surface area contributed by atoms with Crippen LogP contribution in [0.4, 0.5) is 38.4 Å². The number of urea groups is 8. The van der Waals surface area contributed by atoms with Crippen LogP contribution in [0.3, 0.4) is 0 Å². The summed E-state index contributed by atoms with van der Waals surface area (Å²) in [5, 5.41) is 0. The monoisotopic (exact) mass is 480 g/mol. The van der Waals surface area contributed by atoms with Crippen molar-refractivity contribution in [3.05, 3.63) is 0 Å². The van der Waals surface area contributed by atoms with Crippen molar-refractivity contribution in [1.29, 1.82) is 0 Å². The first-order valence-electron chi connectivity index (χ1n) is 6.25. The van der Waals surface area contributed by atoms with Crippen molar-refractivity contribution < 1.29 is 38.4 Å². The molecule has 24 nitrogen and oxygen atoms in total. The van der Waals surface area contributed by atoms with Gasteiger partial charge < -0.3 is 91.7 Å². The van der Waals surface area contributed by atoms with Crippen molar-refractivity contribution in [3.8, 4) is 0 Å². The van der Waals surface area contributed by atoms with Crippen LogP contribution in [-0.2, 0) is 0 Å². The van der Waals surface area contributed by atoms with Gasteiger partial charge in [0.1, 0.15) is 0 Å². The van der Waals surface area contributed by atoms with Crippen molar-refractivity contribution in [2.24, 2.45) is 91.7 Å². The molecule has 0 aromatic rings. The third kappa shape index (κ3) is 380. The first kappa shape index (κ1) is 50.2. The third-order valence-electron chi connectivity index (χ3n) is 0. The van der Waals surface area contributed by atoms with E-state index in [-0.39, 0.29) is 0 Å². The first-order valence-corrected chi connectivity index (χ1v) is 6.25. The quantitative estimate of drug-likeness (QED) is 0.157. The predicted octanol–water partition coefficient (Wildman–Crippen LogP) is -7.81. The summed E-state index contributed by atoms with van der Waals surface area (Å²) < 4.78 is 0. The molecule has 0 heterocycles. The van der Waals surface area contributed by atoms with Gasteiger partial charge in [-0.3, -0.25) is 0 Å². The van der Waals surface area contributed by atoms with E-state index in [1.807, 2.05) is 0 Å². The van der Waals surface area contributed by atoms with Gasteiger partial charge in [0.2, 0.25) is 0 Å². The summed E-state index contributed by atoms with van der Waals surface area (Å²) in [7, 11) is 0. The zero-order valence-corrected chi connectivity index (χ0v) is 16.5. The number of hydrogen-bond acceptors (Lipinski definition) is 8. The number of nitrogens with two attached hydrogens (primary N) is 16. The van der Waals surface area contributed by atoms with Crippen LogP contribution in [0.1, 0.15) is 0 Å². The molecule has 192 valence electrons. The highest BCUT2D eigenvalue weighted by molar-refractivity contribution is 5.70. The highest BCUT2D eigenvalue weighted by atomic mass is 16.2. The number of carbonyl (C=O) groups is 8. The maximum Gasteiger partial charge on any atom is 0.309 e. The molecule has 32 N–H and O–H groups in total. The fraction of sp³-hybridized carbons (Fsp3) is 0. The van der Waals surface area contributed by atoms with E-state index < -0.39 is 48.2 Å². The van der Waals surface area contributed by atoms with E-state index in [4.69, 9.17) is 38.4 Å². The number of rotatable bonds is 0. The Morgan fingerprint density at radius 3 is 0.188 bits per heavy atom. The second-order valence-electron chi connectivity index (χ2n) is 3.22. The number of carbonyl (C=O) groups excluding carboxylic acids is 8. The minimum atomic E-state index is -0.833. The second kappa shape index (κ2) is 44.5. The van der Waals surface area contributed by atoms with Crippen LogP contribution in [-0.4, -0.2) is 48.2 Å². The maximum atomic E-state index is 9.00. The lowest BCUT2D eigenvalue weighted by Crippen LogP contribution is -2.18. The van der Waals surface area contributed by atoms with E-state index in [0.29, 0.717) is 0 Å². The van der Waals surface area contributed by atoms with Crippen LogP contribution < -0.4 is 91.7 Å². The van der Waals surface area contributed by atoms with Crippen molar-refractivity contribution in [3.63, 3.8) is 0 Å². The second-order valence-corrected chi connectivity index (χ2v) is 3.22. The summed E-state index contributed by atoms with van der Waals surface area (Å²) in [6.45, 7) is 0. The molecule has 0 spiro atoms. The lowest BCUT2D eigenvalue weighted by atomic mass is 11.2. The summed E-state index contributed by atoms with van der Waals surface area (Å²) in [6.07, 6.45) is 0. The fourth-order valence-corrected chi connectivity index (χ4v) is 0. The first-order chi connectivity index (χ1) is 13.9. The molecule has 16 amide bonds. The zero-order chi connectivity index (χ0) is 28.6. The molecule has 0 aromatic carbocycles. The Kier molecular flexibility index (Phi) is 69.9. The van der Waals surface area contributed by atoms with Crippen LogP contribution in [0.2, 0.25) is 0 Å². The summed E-state index contributed by atoms with van der Waals surface area (Å²) >= 11 is 0. The predicted molar refractivity (Wildman–Crippen MR) is 110 cm³/mol. The Balaban J connectivity index is -0.0000000343. The standard InChI is InChI=1S/8CH4N2O/c8*2-1(3)4/h8*(H4,2,3,4). The molecule has 0 aliphatic carbocycles. The van der Waals surface area contributed by atoms with Gasteiger partial charge in [0, 0.05) is 0 Å². The van der Waals surface area contributed by atoms with Crippen molar-refractivity contribution in [1.82, 2.24) is 0 Å². The molecule has 0 atom stereocenters. The minimum Gasteiger partial charge on any atom is -0.352 e. The Labute approximate surface area is 179 Å². The van der Waals surface area contributed by atoms with E-state index in [9.17, 15) is 0 Å². The SMILES string of the molecule is NC(N)=O.NC(N)=O.NC(N)=O.NC(N)=O.NC(N)=O.NC(N)=O.NC(N)=O.NC(N)=O. The van der Waals surface area contributed by atoms with Gasteiger partial charge in [0.15, 0.2) is 0 Å². The average molecular weight is 480 g/mol.